The number of aliphatic hydroxyl groups excluding tert-OH is 1. The lowest BCUT2D eigenvalue weighted by Crippen LogP contribution is -2.33. The molecule has 114 valence electrons. The van der Waals surface area contributed by atoms with Crippen molar-refractivity contribution >= 4 is 17.5 Å². The summed E-state index contributed by atoms with van der Waals surface area (Å²) in [5, 5.41) is 13.4. The van der Waals surface area contributed by atoms with Crippen molar-refractivity contribution in [2.24, 2.45) is 0 Å². The summed E-state index contributed by atoms with van der Waals surface area (Å²) in [5.74, 6) is 0.250. The molecule has 0 radical (unpaired) electrons. The standard InChI is InChI=1S/C17H16ClNO3/c18-14-7-3-1-6-12(14)15(20)9-19-17(21)13-10-22-16-8-4-2-5-11(13)16/h1-8,13,15,20H,9-10H2,(H,19,21)/t13-,15+/m1/s1. The minimum absolute atomic E-state index is 0.112. The summed E-state index contributed by atoms with van der Waals surface area (Å²) in [6.45, 7) is 0.439. The van der Waals surface area contributed by atoms with Gasteiger partial charge in [0.2, 0.25) is 5.91 Å². The van der Waals surface area contributed by atoms with Crippen LogP contribution >= 0.6 is 11.6 Å². The summed E-state index contributed by atoms with van der Waals surface area (Å²) in [6, 6.07) is 14.5. The number of amides is 1. The molecule has 0 saturated heterocycles. The second kappa shape index (κ2) is 6.38. The molecule has 0 aromatic heterocycles. The van der Waals surface area contributed by atoms with Crippen molar-refractivity contribution in [1.82, 2.24) is 5.32 Å². The second-order valence-corrected chi connectivity index (χ2v) is 5.59. The van der Waals surface area contributed by atoms with Gasteiger partial charge in [-0.1, -0.05) is 48.0 Å². The van der Waals surface area contributed by atoms with Crippen molar-refractivity contribution in [1.29, 1.82) is 0 Å². The third-order valence-corrected chi connectivity index (χ3v) is 4.09. The average Bonchev–Trinajstić information content (AvgIpc) is 2.97. The number of fused-ring (bicyclic) bond motifs is 1. The van der Waals surface area contributed by atoms with Crippen molar-refractivity contribution in [2.75, 3.05) is 13.2 Å². The van der Waals surface area contributed by atoms with Gasteiger partial charge in [0.05, 0.1) is 6.10 Å². The van der Waals surface area contributed by atoms with Gasteiger partial charge in [0.25, 0.3) is 0 Å². The average molecular weight is 318 g/mol. The first kappa shape index (κ1) is 14.9. The number of benzene rings is 2. The number of para-hydroxylation sites is 1. The Kier molecular flexibility index (Phi) is 4.32. The van der Waals surface area contributed by atoms with Crippen LogP contribution in [0.3, 0.4) is 0 Å². The van der Waals surface area contributed by atoms with Gasteiger partial charge in [0.1, 0.15) is 18.3 Å². The van der Waals surface area contributed by atoms with E-state index in [0.29, 0.717) is 17.2 Å². The Morgan fingerprint density at radius 3 is 2.82 bits per heavy atom. The molecule has 2 aromatic rings. The molecule has 1 amide bonds. The number of hydrogen-bond donors (Lipinski definition) is 2. The second-order valence-electron chi connectivity index (χ2n) is 5.18. The number of rotatable bonds is 4. The van der Waals surface area contributed by atoms with Gasteiger partial charge < -0.3 is 15.2 Å². The highest BCUT2D eigenvalue weighted by atomic mass is 35.5. The number of halogens is 1. The summed E-state index contributed by atoms with van der Waals surface area (Å²) < 4.78 is 5.50. The Morgan fingerprint density at radius 2 is 2.00 bits per heavy atom. The van der Waals surface area contributed by atoms with Crippen LogP contribution in [-0.2, 0) is 4.79 Å². The van der Waals surface area contributed by atoms with Crippen LogP contribution in [0.15, 0.2) is 48.5 Å². The normalized spacial score (nSPS) is 17.5. The molecule has 2 aromatic carbocycles. The summed E-state index contributed by atoms with van der Waals surface area (Å²) in [4.78, 5) is 12.3. The number of nitrogens with one attached hydrogen (secondary N) is 1. The zero-order valence-corrected chi connectivity index (χ0v) is 12.6. The lowest BCUT2D eigenvalue weighted by atomic mass is 10.0. The van der Waals surface area contributed by atoms with E-state index in [1.807, 2.05) is 24.3 Å². The van der Waals surface area contributed by atoms with Crippen molar-refractivity contribution in [2.45, 2.75) is 12.0 Å². The molecule has 0 spiro atoms. The Bertz CT molecular complexity index is 689. The molecule has 1 aliphatic rings. The molecule has 5 heteroatoms. The molecule has 0 saturated carbocycles. The molecule has 3 rings (SSSR count). The lowest BCUT2D eigenvalue weighted by Gasteiger charge is -2.15. The van der Waals surface area contributed by atoms with Gasteiger partial charge in [0, 0.05) is 22.7 Å². The van der Waals surface area contributed by atoms with Crippen LogP contribution in [0.4, 0.5) is 0 Å². The van der Waals surface area contributed by atoms with Crippen LogP contribution in [0, 0.1) is 0 Å². The molecular weight excluding hydrogens is 302 g/mol. The fourth-order valence-corrected chi connectivity index (χ4v) is 2.82. The minimum atomic E-state index is -0.838. The largest absolute Gasteiger partial charge is 0.492 e. The highest BCUT2D eigenvalue weighted by Gasteiger charge is 2.30. The molecule has 0 unspecified atom stereocenters. The predicted octanol–water partition coefficient (Wildman–Crippen LogP) is 2.67. The fourth-order valence-electron chi connectivity index (χ4n) is 2.56. The van der Waals surface area contributed by atoms with Crippen LogP contribution in [-0.4, -0.2) is 24.2 Å². The SMILES string of the molecule is O=C(NC[C@H](O)c1ccccc1Cl)[C@@H]1COc2ccccc21. The van der Waals surface area contributed by atoms with Crippen LogP contribution in [0.2, 0.25) is 5.02 Å². The van der Waals surface area contributed by atoms with Crippen molar-refractivity contribution < 1.29 is 14.6 Å². The van der Waals surface area contributed by atoms with Gasteiger partial charge in [-0.25, -0.2) is 0 Å². The van der Waals surface area contributed by atoms with E-state index < -0.39 is 6.10 Å². The monoisotopic (exact) mass is 317 g/mol. The summed E-state index contributed by atoms with van der Waals surface area (Å²) in [7, 11) is 0. The van der Waals surface area contributed by atoms with Gasteiger partial charge in [0.15, 0.2) is 0 Å². The van der Waals surface area contributed by atoms with Crippen LogP contribution < -0.4 is 10.1 Å². The van der Waals surface area contributed by atoms with E-state index in [1.165, 1.54) is 0 Å². The van der Waals surface area contributed by atoms with Gasteiger partial charge in [-0.2, -0.15) is 0 Å². The quantitative estimate of drug-likeness (QED) is 0.911. The number of hydrogen-bond acceptors (Lipinski definition) is 3. The molecule has 0 bridgehead atoms. The van der Waals surface area contributed by atoms with Crippen LogP contribution in [0.25, 0.3) is 0 Å². The number of carbonyl (C=O) groups is 1. The van der Waals surface area contributed by atoms with Crippen LogP contribution in [0.5, 0.6) is 5.75 Å². The molecule has 2 N–H and O–H groups in total. The van der Waals surface area contributed by atoms with E-state index in [2.05, 4.69) is 5.32 Å². The van der Waals surface area contributed by atoms with E-state index in [9.17, 15) is 9.90 Å². The smallest absolute Gasteiger partial charge is 0.231 e. The molecule has 1 heterocycles. The number of carbonyl (C=O) groups excluding carboxylic acids is 1. The Hall–Kier alpha value is -2.04. The third-order valence-electron chi connectivity index (χ3n) is 3.75. The predicted molar refractivity (Wildman–Crippen MR) is 84.1 cm³/mol. The maximum atomic E-state index is 12.3. The highest BCUT2D eigenvalue weighted by molar-refractivity contribution is 6.31. The van der Waals surface area contributed by atoms with Crippen LogP contribution in [0.1, 0.15) is 23.1 Å². The lowest BCUT2D eigenvalue weighted by molar-refractivity contribution is -0.123. The first-order valence-corrected chi connectivity index (χ1v) is 7.46. The molecule has 1 aliphatic heterocycles. The fraction of sp³-hybridized carbons (Fsp3) is 0.235. The van der Waals surface area contributed by atoms with Gasteiger partial charge in [-0.05, 0) is 12.1 Å². The van der Waals surface area contributed by atoms with E-state index in [4.69, 9.17) is 16.3 Å². The summed E-state index contributed by atoms with van der Waals surface area (Å²) in [5.41, 5.74) is 1.49. The van der Waals surface area contributed by atoms with Gasteiger partial charge in [-0.15, -0.1) is 0 Å². The van der Waals surface area contributed by atoms with Gasteiger partial charge >= 0.3 is 0 Å². The Labute approximate surface area is 133 Å². The Morgan fingerprint density at radius 1 is 1.27 bits per heavy atom. The molecule has 4 nitrogen and oxygen atoms in total. The molecule has 22 heavy (non-hydrogen) atoms. The molecular formula is C17H16ClNO3. The first-order chi connectivity index (χ1) is 10.7. The van der Waals surface area contributed by atoms with Crippen molar-refractivity contribution in [3.63, 3.8) is 0 Å². The highest BCUT2D eigenvalue weighted by Crippen LogP contribution is 2.33. The van der Waals surface area contributed by atoms with Crippen molar-refractivity contribution in [3.8, 4) is 5.75 Å². The maximum absolute atomic E-state index is 12.3. The minimum Gasteiger partial charge on any atom is -0.492 e. The zero-order chi connectivity index (χ0) is 15.5. The number of ether oxygens (including phenoxy) is 1. The zero-order valence-electron chi connectivity index (χ0n) is 11.8. The molecule has 2 atom stereocenters. The summed E-state index contributed by atoms with van der Waals surface area (Å²) in [6.07, 6.45) is -0.838. The first-order valence-electron chi connectivity index (χ1n) is 7.08. The number of aliphatic hydroxyl groups is 1. The topological polar surface area (TPSA) is 58.6 Å². The van der Waals surface area contributed by atoms with Crippen molar-refractivity contribution in [3.05, 3.63) is 64.7 Å². The Balaban J connectivity index is 1.63. The van der Waals surface area contributed by atoms with E-state index in [1.54, 1.807) is 24.3 Å². The third kappa shape index (κ3) is 2.93. The molecule has 0 fully saturated rings. The molecule has 0 aliphatic carbocycles. The van der Waals surface area contributed by atoms with Gasteiger partial charge in [-0.3, -0.25) is 4.79 Å². The van der Waals surface area contributed by atoms with E-state index >= 15 is 0 Å². The maximum Gasteiger partial charge on any atom is 0.231 e. The van der Waals surface area contributed by atoms with E-state index in [0.717, 1.165) is 11.3 Å². The van der Waals surface area contributed by atoms with E-state index in [-0.39, 0.29) is 18.4 Å². The summed E-state index contributed by atoms with van der Waals surface area (Å²) >= 11 is 6.04.